The van der Waals surface area contributed by atoms with Gasteiger partial charge in [0.05, 0.1) is 34.3 Å². The van der Waals surface area contributed by atoms with Crippen LogP contribution in [0.4, 0.5) is 5.69 Å². The van der Waals surface area contributed by atoms with Gasteiger partial charge in [0.15, 0.2) is 17.3 Å². The first-order valence-electron chi connectivity index (χ1n) is 19.1. The molecule has 16 heteroatoms. The number of nitrogens with zero attached hydrogens (tertiary/aromatic N) is 9. The number of aromatic nitrogens is 6. The summed E-state index contributed by atoms with van der Waals surface area (Å²) in [4.78, 5) is 28.4. The van der Waals surface area contributed by atoms with Crippen LogP contribution >= 0.6 is 27.5 Å². The first kappa shape index (κ1) is 47.7. The Hall–Kier alpha value is -8.36. The van der Waals surface area contributed by atoms with Gasteiger partial charge in [-0.3, -0.25) is 0 Å². The standard InChI is InChI=1S/C20H18N4.C18H10N4.C7H6BNO2.C4H2BrClN2/c1-13(21)15-3-7-17(8-4-15)19-11-23-20(24-12-19)18-9-5-16(6-10-18)14(2)22;1-20-17-8-6-14(7-9-17)16-11-21-18(22-12-16)15-4-2-13(10-19)3-5-15;9-5-6-1-3-7(4-2-6)8(10)11;5-3-1-7-4(6)8-2-3/h3-12H,1-2,21-22H2;2-9,11-12H;1-4,10-11H;1-2H. The van der Waals surface area contributed by atoms with Crippen LogP contribution in [0.2, 0.25) is 5.28 Å². The van der Waals surface area contributed by atoms with Gasteiger partial charge >= 0.3 is 7.12 Å². The average Bonchev–Trinajstić information content (AvgIpc) is 3.35. The van der Waals surface area contributed by atoms with Gasteiger partial charge in [0.25, 0.3) is 0 Å². The van der Waals surface area contributed by atoms with E-state index in [1.165, 1.54) is 24.3 Å². The van der Waals surface area contributed by atoms with Gasteiger partial charge in [-0.2, -0.15) is 10.5 Å². The van der Waals surface area contributed by atoms with Crippen molar-refractivity contribution in [2.24, 2.45) is 11.5 Å². The van der Waals surface area contributed by atoms with Crippen LogP contribution in [0.3, 0.4) is 0 Å². The largest absolute Gasteiger partial charge is 0.488 e. The average molecular weight is 937 g/mol. The maximum absolute atomic E-state index is 8.80. The van der Waals surface area contributed by atoms with Crippen molar-refractivity contribution in [1.82, 2.24) is 29.9 Å². The minimum absolute atomic E-state index is 0.271. The highest BCUT2D eigenvalue weighted by molar-refractivity contribution is 9.10. The molecule has 0 aliphatic carbocycles. The fourth-order valence-electron chi connectivity index (χ4n) is 5.41. The molecule has 0 fully saturated rings. The van der Waals surface area contributed by atoms with Crippen molar-refractivity contribution in [3.63, 3.8) is 0 Å². The second kappa shape index (κ2) is 23.7. The van der Waals surface area contributed by atoms with E-state index in [4.69, 9.17) is 50.2 Å². The molecule has 3 heterocycles. The number of rotatable bonds is 7. The summed E-state index contributed by atoms with van der Waals surface area (Å²) in [6, 6.07) is 40.1. The SMILES string of the molecule is C=C(N)c1ccc(-c2cnc(-c3ccc(C(=C)N)cc3)nc2)cc1.Clc1ncc(Br)cn1.N#Cc1ccc(B(O)O)cc1.[C-]#[N+]c1ccc(-c2cnc(-c3ccc(C#N)cc3)nc2)cc1. The number of benzene rings is 5. The van der Waals surface area contributed by atoms with Crippen LogP contribution in [0.25, 0.3) is 61.3 Å². The highest BCUT2D eigenvalue weighted by atomic mass is 79.9. The van der Waals surface area contributed by atoms with Crippen LogP contribution in [0.5, 0.6) is 0 Å². The lowest BCUT2D eigenvalue weighted by Gasteiger charge is -2.06. The van der Waals surface area contributed by atoms with E-state index in [0.717, 1.165) is 49.0 Å². The predicted octanol–water partition coefficient (Wildman–Crippen LogP) is 9.03. The molecule has 316 valence electrons. The molecule has 6 N–H and O–H groups in total. The minimum atomic E-state index is -1.46. The quantitative estimate of drug-likeness (QED) is 0.0668. The van der Waals surface area contributed by atoms with Gasteiger partial charge in [0.2, 0.25) is 5.28 Å². The molecule has 5 aromatic carbocycles. The van der Waals surface area contributed by atoms with Crippen molar-refractivity contribution in [2.75, 3.05) is 0 Å². The van der Waals surface area contributed by atoms with E-state index in [9.17, 15) is 0 Å². The molecule has 3 aromatic heterocycles. The molecule has 0 aliphatic heterocycles. The molecule has 0 spiro atoms. The lowest BCUT2D eigenvalue weighted by Crippen LogP contribution is -2.29. The van der Waals surface area contributed by atoms with E-state index in [-0.39, 0.29) is 5.28 Å². The van der Waals surface area contributed by atoms with Crippen molar-refractivity contribution in [2.45, 2.75) is 0 Å². The van der Waals surface area contributed by atoms with Crippen LogP contribution in [-0.2, 0) is 0 Å². The Labute approximate surface area is 389 Å². The fraction of sp³-hybridized carbons (Fsp3) is 0. The number of halogens is 2. The smallest absolute Gasteiger partial charge is 0.423 e. The Morgan fingerprint density at radius 2 is 0.908 bits per heavy atom. The van der Waals surface area contributed by atoms with Crippen molar-refractivity contribution >= 4 is 57.2 Å². The van der Waals surface area contributed by atoms with Crippen LogP contribution < -0.4 is 16.9 Å². The second-order valence-corrected chi connectivity index (χ2v) is 14.7. The van der Waals surface area contributed by atoms with E-state index >= 15 is 0 Å². The molecular weight excluding hydrogens is 901 g/mol. The third-order valence-electron chi connectivity index (χ3n) is 8.94. The van der Waals surface area contributed by atoms with Gasteiger partial charge in [-0.25, -0.2) is 34.7 Å². The Morgan fingerprint density at radius 3 is 1.25 bits per heavy atom. The molecule has 0 saturated heterocycles. The summed E-state index contributed by atoms with van der Waals surface area (Å²) in [7, 11) is -1.46. The van der Waals surface area contributed by atoms with Gasteiger partial charge in [0, 0.05) is 70.8 Å². The molecule has 0 bridgehead atoms. The first-order valence-corrected chi connectivity index (χ1v) is 20.3. The van der Waals surface area contributed by atoms with Crippen LogP contribution in [0.1, 0.15) is 22.3 Å². The summed E-state index contributed by atoms with van der Waals surface area (Å²) < 4.78 is 0.835. The van der Waals surface area contributed by atoms with Gasteiger partial charge < -0.3 is 21.5 Å². The Morgan fingerprint density at radius 1 is 0.554 bits per heavy atom. The molecule has 0 amide bonds. The van der Waals surface area contributed by atoms with E-state index in [1.54, 1.807) is 49.1 Å². The molecule has 0 saturated carbocycles. The molecule has 8 aromatic rings. The Balaban J connectivity index is 0.000000177. The normalized spacial score (nSPS) is 9.74. The van der Waals surface area contributed by atoms with Crippen molar-refractivity contribution in [3.05, 3.63) is 215 Å². The summed E-state index contributed by atoms with van der Waals surface area (Å²) in [5.74, 6) is 1.28. The number of hydrogen-bond donors (Lipinski definition) is 4. The monoisotopic (exact) mass is 935 g/mol. The van der Waals surface area contributed by atoms with E-state index in [1.807, 2.05) is 91.3 Å². The summed E-state index contributed by atoms with van der Waals surface area (Å²) in [6.45, 7) is 14.4. The van der Waals surface area contributed by atoms with E-state index in [0.29, 0.717) is 45.3 Å². The summed E-state index contributed by atoms with van der Waals surface area (Å²) in [5, 5.41) is 34.8. The fourth-order valence-corrected chi connectivity index (χ4v) is 5.71. The van der Waals surface area contributed by atoms with Crippen LogP contribution in [-0.4, -0.2) is 47.1 Å². The van der Waals surface area contributed by atoms with Crippen molar-refractivity contribution in [1.29, 1.82) is 10.5 Å². The lowest BCUT2D eigenvalue weighted by atomic mass is 9.80. The minimum Gasteiger partial charge on any atom is -0.423 e. The van der Waals surface area contributed by atoms with Gasteiger partial charge in [-0.15, -0.1) is 0 Å². The summed E-state index contributed by atoms with van der Waals surface area (Å²) in [6.07, 6.45) is 10.3. The van der Waals surface area contributed by atoms with E-state index < -0.39 is 7.12 Å². The molecule has 0 atom stereocenters. The Bertz CT molecular complexity index is 2780. The number of nitriles is 2. The summed E-state index contributed by atoms with van der Waals surface area (Å²) >= 11 is 8.53. The third kappa shape index (κ3) is 14.3. The van der Waals surface area contributed by atoms with Gasteiger partial charge in [-0.05, 0) is 91.6 Å². The van der Waals surface area contributed by atoms with Crippen molar-refractivity contribution < 1.29 is 10.0 Å². The topological polar surface area (TPSA) is 222 Å². The van der Waals surface area contributed by atoms with Gasteiger partial charge in [-0.1, -0.05) is 98.1 Å². The van der Waals surface area contributed by atoms with Gasteiger partial charge in [0.1, 0.15) is 0 Å². The number of hydrogen-bond acceptors (Lipinski definition) is 12. The maximum Gasteiger partial charge on any atom is 0.488 e. The second-order valence-electron chi connectivity index (χ2n) is 13.4. The predicted molar refractivity (Wildman–Crippen MR) is 259 cm³/mol. The summed E-state index contributed by atoms with van der Waals surface area (Å²) in [5.41, 5.74) is 22.0. The highest BCUT2D eigenvalue weighted by Crippen LogP contribution is 2.25. The highest BCUT2D eigenvalue weighted by Gasteiger charge is 2.09. The van der Waals surface area contributed by atoms with Crippen LogP contribution in [0, 0.1) is 29.2 Å². The molecule has 13 nitrogen and oxygen atoms in total. The zero-order valence-corrected chi connectivity index (χ0v) is 36.7. The Kier molecular flexibility index (Phi) is 17.4. The van der Waals surface area contributed by atoms with E-state index in [2.05, 4.69) is 69.9 Å². The zero-order valence-electron chi connectivity index (χ0n) is 34.3. The molecular formula is C49H36BBrClN11O2. The maximum atomic E-state index is 8.80. The lowest BCUT2D eigenvalue weighted by molar-refractivity contribution is 0.426. The zero-order chi connectivity index (χ0) is 46.7. The first-order chi connectivity index (χ1) is 31.4. The van der Waals surface area contributed by atoms with Crippen molar-refractivity contribution in [3.8, 4) is 57.2 Å². The van der Waals surface area contributed by atoms with Crippen LogP contribution in [0.15, 0.2) is 176 Å². The molecule has 0 unspecified atom stereocenters. The number of nitrogens with two attached hydrogens (primary N) is 2. The third-order valence-corrected chi connectivity index (χ3v) is 9.54. The molecule has 65 heavy (non-hydrogen) atoms. The molecule has 8 rings (SSSR count). The molecule has 0 aliphatic rings. The molecule has 0 radical (unpaired) electrons.